The van der Waals surface area contributed by atoms with Crippen LogP contribution in [-0.2, 0) is 4.79 Å². The van der Waals surface area contributed by atoms with Crippen molar-refractivity contribution in [2.45, 2.75) is 19.3 Å². The number of piperidine rings is 1. The predicted molar refractivity (Wildman–Crippen MR) is 70.1 cm³/mol. The number of anilines is 1. The largest absolute Gasteiger partial charge is 0.325 e. The molecule has 94 valence electrons. The average Bonchev–Trinajstić information content (AvgIpc) is 2.40. The third-order valence-corrected chi connectivity index (χ3v) is 3.11. The summed E-state index contributed by atoms with van der Waals surface area (Å²) in [6, 6.07) is 8.98. The topological polar surface area (TPSA) is 56.1 Å². The number of nitriles is 1. The van der Waals surface area contributed by atoms with Gasteiger partial charge in [-0.2, -0.15) is 5.26 Å². The van der Waals surface area contributed by atoms with Gasteiger partial charge in [0, 0.05) is 5.69 Å². The summed E-state index contributed by atoms with van der Waals surface area (Å²) < 4.78 is 0. The first kappa shape index (κ1) is 12.6. The summed E-state index contributed by atoms with van der Waals surface area (Å²) in [5.74, 6) is 0.0154. The van der Waals surface area contributed by atoms with Crippen LogP contribution in [0, 0.1) is 11.3 Å². The van der Waals surface area contributed by atoms with Crippen LogP contribution in [0.5, 0.6) is 0 Å². The van der Waals surface area contributed by atoms with Gasteiger partial charge >= 0.3 is 0 Å². The lowest BCUT2D eigenvalue weighted by Crippen LogP contribution is -2.36. The Hall–Kier alpha value is -1.86. The Labute approximate surface area is 107 Å². The number of hydrogen-bond donors (Lipinski definition) is 1. The van der Waals surface area contributed by atoms with Crippen LogP contribution in [0.1, 0.15) is 24.8 Å². The quantitative estimate of drug-likeness (QED) is 0.883. The van der Waals surface area contributed by atoms with Crippen LogP contribution in [0.15, 0.2) is 24.3 Å². The molecule has 1 fully saturated rings. The number of likely N-dealkylation sites (tertiary alicyclic amines) is 1. The van der Waals surface area contributed by atoms with Crippen molar-refractivity contribution in [2.24, 2.45) is 0 Å². The molecule has 0 atom stereocenters. The van der Waals surface area contributed by atoms with E-state index in [0.29, 0.717) is 12.1 Å². The normalized spacial score (nSPS) is 15.9. The molecular formula is C14H17N3O. The summed E-state index contributed by atoms with van der Waals surface area (Å²) in [7, 11) is 0. The van der Waals surface area contributed by atoms with Crippen molar-refractivity contribution in [3.63, 3.8) is 0 Å². The summed E-state index contributed by atoms with van der Waals surface area (Å²) in [6.07, 6.45) is 3.64. The van der Waals surface area contributed by atoms with E-state index in [2.05, 4.69) is 16.3 Å². The predicted octanol–water partition coefficient (Wildman–Crippen LogP) is 1.98. The maximum Gasteiger partial charge on any atom is 0.238 e. The van der Waals surface area contributed by atoms with Gasteiger partial charge in [0.25, 0.3) is 0 Å². The Balaban J connectivity index is 1.84. The second-order valence-corrected chi connectivity index (χ2v) is 4.57. The second-order valence-electron chi connectivity index (χ2n) is 4.57. The molecule has 4 nitrogen and oxygen atoms in total. The maximum absolute atomic E-state index is 11.8. The van der Waals surface area contributed by atoms with Crippen LogP contribution >= 0.6 is 0 Å². The number of amides is 1. The minimum atomic E-state index is 0.0154. The SMILES string of the molecule is N#Cc1ccc(NC(=O)CN2CCCCC2)cc1. The van der Waals surface area contributed by atoms with Crippen LogP contribution in [0.3, 0.4) is 0 Å². The van der Waals surface area contributed by atoms with Crippen molar-refractivity contribution in [3.05, 3.63) is 29.8 Å². The zero-order valence-corrected chi connectivity index (χ0v) is 10.4. The van der Waals surface area contributed by atoms with E-state index in [4.69, 9.17) is 5.26 Å². The van der Waals surface area contributed by atoms with Gasteiger partial charge in [0.2, 0.25) is 5.91 Å². The lowest BCUT2D eigenvalue weighted by atomic mass is 10.1. The van der Waals surface area contributed by atoms with Crippen LogP contribution in [-0.4, -0.2) is 30.4 Å². The first-order valence-electron chi connectivity index (χ1n) is 6.30. The molecule has 0 radical (unpaired) electrons. The standard InChI is InChI=1S/C14H17N3O/c15-10-12-4-6-13(7-5-12)16-14(18)11-17-8-2-1-3-9-17/h4-7H,1-3,8-9,11H2,(H,16,18). The molecule has 0 aromatic heterocycles. The second kappa shape index (κ2) is 6.18. The highest BCUT2D eigenvalue weighted by molar-refractivity contribution is 5.92. The Bertz CT molecular complexity index is 441. The van der Waals surface area contributed by atoms with Crippen LogP contribution in [0.25, 0.3) is 0 Å². The Morgan fingerprint density at radius 2 is 1.89 bits per heavy atom. The summed E-state index contributed by atoms with van der Waals surface area (Å²) >= 11 is 0. The summed E-state index contributed by atoms with van der Waals surface area (Å²) in [4.78, 5) is 14.0. The first-order chi connectivity index (χ1) is 8.78. The highest BCUT2D eigenvalue weighted by Crippen LogP contribution is 2.10. The molecule has 2 rings (SSSR count). The van der Waals surface area contributed by atoms with Gasteiger partial charge in [0.15, 0.2) is 0 Å². The van der Waals surface area contributed by atoms with E-state index in [1.165, 1.54) is 19.3 Å². The molecular weight excluding hydrogens is 226 g/mol. The van der Waals surface area contributed by atoms with Gasteiger partial charge in [0.1, 0.15) is 0 Å². The van der Waals surface area contributed by atoms with Crippen LogP contribution in [0.2, 0.25) is 0 Å². The van der Waals surface area contributed by atoms with E-state index in [0.717, 1.165) is 18.8 Å². The highest BCUT2D eigenvalue weighted by atomic mass is 16.2. The van der Waals surface area contributed by atoms with Gasteiger partial charge in [-0.15, -0.1) is 0 Å². The molecule has 0 aliphatic carbocycles. The number of nitrogens with one attached hydrogen (secondary N) is 1. The molecule has 0 bridgehead atoms. The first-order valence-corrected chi connectivity index (χ1v) is 6.30. The fourth-order valence-corrected chi connectivity index (χ4v) is 2.15. The highest BCUT2D eigenvalue weighted by Gasteiger charge is 2.13. The maximum atomic E-state index is 11.8. The van der Waals surface area contributed by atoms with E-state index >= 15 is 0 Å². The van der Waals surface area contributed by atoms with Crippen molar-refractivity contribution < 1.29 is 4.79 Å². The zero-order chi connectivity index (χ0) is 12.8. The molecule has 4 heteroatoms. The molecule has 0 saturated carbocycles. The van der Waals surface area contributed by atoms with Gasteiger partial charge in [0.05, 0.1) is 18.2 Å². The Morgan fingerprint density at radius 1 is 1.22 bits per heavy atom. The van der Waals surface area contributed by atoms with E-state index in [-0.39, 0.29) is 5.91 Å². The summed E-state index contributed by atoms with van der Waals surface area (Å²) in [5.41, 5.74) is 1.35. The van der Waals surface area contributed by atoms with E-state index < -0.39 is 0 Å². The van der Waals surface area contributed by atoms with Gasteiger partial charge in [-0.05, 0) is 50.2 Å². The fraction of sp³-hybridized carbons (Fsp3) is 0.429. The smallest absolute Gasteiger partial charge is 0.238 e. The number of carbonyl (C=O) groups excluding carboxylic acids is 1. The summed E-state index contributed by atoms with van der Waals surface area (Å²) in [5, 5.41) is 11.5. The van der Waals surface area contributed by atoms with E-state index in [1.807, 2.05) is 0 Å². The number of carbonyl (C=O) groups is 1. The van der Waals surface area contributed by atoms with Gasteiger partial charge in [-0.25, -0.2) is 0 Å². The molecule has 1 aromatic rings. The molecule has 1 heterocycles. The lowest BCUT2D eigenvalue weighted by Gasteiger charge is -2.25. The molecule has 0 spiro atoms. The lowest BCUT2D eigenvalue weighted by molar-refractivity contribution is -0.117. The molecule has 1 aliphatic heterocycles. The number of benzene rings is 1. The minimum absolute atomic E-state index is 0.0154. The molecule has 18 heavy (non-hydrogen) atoms. The molecule has 1 saturated heterocycles. The third kappa shape index (κ3) is 3.57. The van der Waals surface area contributed by atoms with Gasteiger partial charge in [-0.3, -0.25) is 9.69 Å². The van der Waals surface area contributed by atoms with Crippen LogP contribution in [0.4, 0.5) is 5.69 Å². The zero-order valence-electron chi connectivity index (χ0n) is 10.4. The molecule has 0 unspecified atom stereocenters. The fourth-order valence-electron chi connectivity index (χ4n) is 2.15. The van der Waals surface area contributed by atoms with Crippen molar-refractivity contribution in [1.82, 2.24) is 4.90 Å². The van der Waals surface area contributed by atoms with Crippen molar-refractivity contribution >= 4 is 11.6 Å². The van der Waals surface area contributed by atoms with E-state index in [9.17, 15) is 4.79 Å². The molecule has 1 amide bonds. The third-order valence-electron chi connectivity index (χ3n) is 3.11. The Morgan fingerprint density at radius 3 is 2.50 bits per heavy atom. The van der Waals surface area contributed by atoms with Crippen molar-refractivity contribution in [2.75, 3.05) is 25.0 Å². The minimum Gasteiger partial charge on any atom is -0.325 e. The average molecular weight is 243 g/mol. The number of rotatable bonds is 3. The Kier molecular flexibility index (Phi) is 4.32. The molecule has 1 aromatic carbocycles. The van der Waals surface area contributed by atoms with Gasteiger partial charge in [-0.1, -0.05) is 6.42 Å². The summed E-state index contributed by atoms with van der Waals surface area (Å²) in [6.45, 7) is 2.49. The number of nitrogens with zero attached hydrogens (tertiary/aromatic N) is 2. The van der Waals surface area contributed by atoms with Crippen molar-refractivity contribution in [3.8, 4) is 6.07 Å². The van der Waals surface area contributed by atoms with Gasteiger partial charge < -0.3 is 5.32 Å². The monoisotopic (exact) mass is 243 g/mol. The van der Waals surface area contributed by atoms with Crippen molar-refractivity contribution in [1.29, 1.82) is 5.26 Å². The molecule has 1 N–H and O–H groups in total. The van der Waals surface area contributed by atoms with E-state index in [1.54, 1.807) is 24.3 Å². The number of hydrogen-bond acceptors (Lipinski definition) is 3. The molecule has 1 aliphatic rings. The van der Waals surface area contributed by atoms with Crippen LogP contribution < -0.4 is 5.32 Å².